The Labute approximate surface area is 140 Å². The maximum Gasteiger partial charge on any atom is 0.261 e. The van der Waals surface area contributed by atoms with Crippen molar-refractivity contribution in [3.05, 3.63) is 46.4 Å². The molecule has 0 bridgehead atoms. The fraction of sp³-hybridized carbons (Fsp3) is 0.333. The van der Waals surface area contributed by atoms with Crippen molar-refractivity contribution in [2.75, 3.05) is 7.05 Å². The second kappa shape index (κ2) is 6.96. The summed E-state index contributed by atoms with van der Waals surface area (Å²) in [6, 6.07) is 10.1. The highest BCUT2D eigenvalue weighted by molar-refractivity contribution is 7.12. The van der Waals surface area contributed by atoms with Crippen LogP contribution in [0.3, 0.4) is 0 Å². The van der Waals surface area contributed by atoms with E-state index >= 15 is 0 Å². The van der Waals surface area contributed by atoms with Crippen LogP contribution in [0.4, 0.5) is 0 Å². The Morgan fingerprint density at radius 3 is 2.91 bits per heavy atom. The van der Waals surface area contributed by atoms with Crippen LogP contribution in [0.5, 0.6) is 0 Å². The minimum absolute atomic E-state index is 0.0433. The van der Waals surface area contributed by atoms with E-state index in [-0.39, 0.29) is 5.91 Å². The van der Waals surface area contributed by atoms with Crippen molar-refractivity contribution in [3.63, 3.8) is 0 Å². The number of carbonyl (C=O) groups is 1. The Morgan fingerprint density at radius 2 is 2.13 bits per heavy atom. The number of nitrogens with zero attached hydrogens (tertiary/aromatic N) is 2. The molecule has 3 aromatic rings. The van der Waals surface area contributed by atoms with E-state index in [0.29, 0.717) is 0 Å². The highest BCUT2D eigenvalue weighted by Crippen LogP contribution is 2.26. The smallest absolute Gasteiger partial charge is 0.261 e. The number of imidazole rings is 1. The number of carbonyl (C=O) groups excluding carboxylic acids is 1. The Balaban J connectivity index is 2.05. The predicted molar refractivity (Wildman–Crippen MR) is 95.6 cm³/mol. The second-order valence-corrected chi connectivity index (χ2v) is 6.47. The highest BCUT2D eigenvalue weighted by atomic mass is 32.1. The third-order valence-corrected chi connectivity index (χ3v) is 4.85. The van der Waals surface area contributed by atoms with E-state index in [4.69, 9.17) is 4.98 Å². The van der Waals surface area contributed by atoms with E-state index in [0.717, 1.165) is 40.3 Å². The molecule has 2 aromatic heterocycles. The Kier molecular flexibility index (Phi) is 4.76. The van der Waals surface area contributed by atoms with Crippen LogP contribution in [0.15, 0.2) is 35.7 Å². The van der Waals surface area contributed by atoms with E-state index in [9.17, 15) is 4.79 Å². The summed E-state index contributed by atoms with van der Waals surface area (Å²) in [5, 5.41) is 4.71. The standard InChI is InChI=1S/C18H21N3OS/c1-3-4-5-10-17-20-14-8-6-7-9-15(14)21(17)13-11-16(23-12-13)18(22)19-2/h6-9,11-12H,3-5,10H2,1-2H3,(H,19,22). The van der Waals surface area contributed by atoms with Crippen molar-refractivity contribution < 1.29 is 4.79 Å². The van der Waals surface area contributed by atoms with Crippen molar-refractivity contribution in [2.24, 2.45) is 0 Å². The van der Waals surface area contributed by atoms with Gasteiger partial charge in [-0.05, 0) is 24.6 Å². The lowest BCUT2D eigenvalue weighted by molar-refractivity contribution is 0.0967. The van der Waals surface area contributed by atoms with Gasteiger partial charge in [-0.2, -0.15) is 0 Å². The van der Waals surface area contributed by atoms with Gasteiger partial charge in [-0.25, -0.2) is 4.98 Å². The summed E-state index contributed by atoms with van der Waals surface area (Å²) < 4.78 is 2.19. The molecule has 0 atom stereocenters. The number of fused-ring (bicyclic) bond motifs is 1. The molecule has 0 radical (unpaired) electrons. The van der Waals surface area contributed by atoms with E-state index in [1.165, 1.54) is 24.2 Å². The van der Waals surface area contributed by atoms with Crippen LogP contribution in [0.1, 0.15) is 41.7 Å². The quantitative estimate of drug-likeness (QED) is 0.690. The molecule has 0 saturated carbocycles. The molecule has 0 aliphatic heterocycles. The van der Waals surface area contributed by atoms with Gasteiger partial charge in [0, 0.05) is 18.8 Å². The zero-order valence-corrected chi connectivity index (χ0v) is 14.3. The molecule has 1 N–H and O–H groups in total. The molecule has 1 aromatic carbocycles. The number of hydrogen-bond donors (Lipinski definition) is 1. The lowest BCUT2D eigenvalue weighted by Crippen LogP contribution is -2.16. The zero-order valence-electron chi connectivity index (χ0n) is 13.5. The van der Waals surface area contributed by atoms with E-state index in [2.05, 4.69) is 22.9 Å². The molecule has 3 rings (SSSR count). The van der Waals surface area contributed by atoms with Crippen LogP contribution < -0.4 is 5.32 Å². The normalized spacial score (nSPS) is 11.0. The van der Waals surface area contributed by atoms with Gasteiger partial charge in [0.25, 0.3) is 5.91 Å². The average molecular weight is 327 g/mol. The molecule has 0 fully saturated rings. The van der Waals surface area contributed by atoms with Gasteiger partial charge in [0.05, 0.1) is 21.6 Å². The lowest BCUT2D eigenvalue weighted by Gasteiger charge is -2.07. The molecule has 5 heteroatoms. The number of thiophene rings is 1. The minimum atomic E-state index is -0.0433. The summed E-state index contributed by atoms with van der Waals surface area (Å²) in [5.74, 6) is 1.03. The number of hydrogen-bond acceptors (Lipinski definition) is 3. The van der Waals surface area contributed by atoms with Gasteiger partial charge in [-0.3, -0.25) is 9.36 Å². The lowest BCUT2D eigenvalue weighted by atomic mass is 10.2. The van der Waals surface area contributed by atoms with Crippen LogP contribution in [-0.2, 0) is 6.42 Å². The molecule has 1 amide bonds. The topological polar surface area (TPSA) is 46.9 Å². The van der Waals surface area contributed by atoms with E-state index in [1.807, 2.05) is 29.6 Å². The summed E-state index contributed by atoms with van der Waals surface area (Å²) in [6.07, 6.45) is 4.48. The molecule has 4 nitrogen and oxygen atoms in total. The van der Waals surface area contributed by atoms with Crippen molar-refractivity contribution in [2.45, 2.75) is 32.6 Å². The minimum Gasteiger partial charge on any atom is -0.354 e. The van der Waals surface area contributed by atoms with Crippen LogP contribution in [0, 0.1) is 0 Å². The Hall–Kier alpha value is -2.14. The van der Waals surface area contributed by atoms with Gasteiger partial charge in [0.1, 0.15) is 5.82 Å². The predicted octanol–water partition coefficient (Wildman–Crippen LogP) is 4.18. The highest BCUT2D eigenvalue weighted by Gasteiger charge is 2.15. The fourth-order valence-electron chi connectivity index (χ4n) is 2.75. The number of aryl methyl sites for hydroxylation is 1. The summed E-state index contributed by atoms with van der Waals surface area (Å²) in [5.41, 5.74) is 3.13. The average Bonchev–Trinajstić information content (AvgIpc) is 3.18. The number of rotatable bonds is 6. The maximum atomic E-state index is 11.8. The number of aromatic nitrogens is 2. The van der Waals surface area contributed by atoms with Gasteiger partial charge < -0.3 is 5.32 Å². The van der Waals surface area contributed by atoms with Gasteiger partial charge in [-0.15, -0.1) is 11.3 Å². The van der Waals surface area contributed by atoms with Crippen LogP contribution >= 0.6 is 11.3 Å². The van der Waals surface area contributed by atoms with Gasteiger partial charge >= 0.3 is 0 Å². The van der Waals surface area contributed by atoms with Crippen molar-refractivity contribution in [1.82, 2.24) is 14.9 Å². The second-order valence-electron chi connectivity index (χ2n) is 5.56. The molecular formula is C18H21N3OS. The van der Waals surface area contributed by atoms with Crippen molar-refractivity contribution >= 4 is 28.3 Å². The molecule has 0 aliphatic carbocycles. The van der Waals surface area contributed by atoms with E-state index in [1.54, 1.807) is 7.05 Å². The summed E-state index contributed by atoms with van der Waals surface area (Å²) in [4.78, 5) is 17.4. The molecule has 0 spiro atoms. The molecule has 0 unspecified atom stereocenters. The third kappa shape index (κ3) is 3.15. The zero-order chi connectivity index (χ0) is 16.2. The number of benzene rings is 1. The molecule has 120 valence electrons. The first-order chi connectivity index (χ1) is 11.2. The molecule has 0 aliphatic rings. The third-order valence-electron chi connectivity index (χ3n) is 3.93. The van der Waals surface area contributed by atoms with Crippen molar-refractivity contribution in [3.8, 4) is 5.69 Å². The summed E-state index contributed by atoms with van der Waals surface area (Å²) >= 11 is 1.47. The van der Waals surface area contributed by atoms with Crippen LogP contribution in [-0.4, -0.2) is 22.5 Å². The molecular weight excluding hydrogens is 306 g/mol. The van der Waals surface area contributed by atoms with E-state index < -0.39 is 0 Å². The maximum absolute atomic E-state index is 11.8. The summed E-state index contributed by atoms with van der Waals surface area (Å²) in [7, 11) is 1.66. The van der Waals surface area contributed by atoms with Crippen LogP contribution in [0.25, 0.3) is 16.7 Å². The monoisotopic (exact) mass is 327 g/mol. The van der Waals surface area contributed by atoms with Gasteiger partial charge in [-0.1, -0.05) is 31.9 Å². The van der Waals surface area contributed by atoms with Crippen LogP contribution in [0.2, 0.25) is 0 Å². The molecule has 23 heavy (non-hydrogen) atoms. The number of unbranched alkanes of at least 4 members (excludes halogenated alkanes) is 2. The fourth-order valence-corrected chi connectivity index (χ4v) is 3.57. The number of nitrogens with one attached hydrogen (secondary N) is 1. The first-order valence-electron chi connectivity index (χ1n) is 8.02. The first-order valence-corrected chi connectivity index (χ1v) is 8.90. The van der Waals surface area contributed by atoms with Gasteiger partial charge in [0.15, 0.2) is 0 Å². The van der Waals surface area contributed by atoms with Crippen molar-refractivity contribution in [1.29, 1.82) is 0 Å². The number of amides is 1. The largest absolute Gasteiger partial charge is 0.354 e. The SMILES string of the molecule is CCCCCc1nc2ccccc2n1-c1csc(C(=O)NC)c1. The number of para-hydroxylation sites is 2. The summed E-state index contributed by atoms with van der Waals surface area (Å²) in [6.45, 7) is 2.21. The van der Waals surface area contributed by atoms with Gasteiger partial charge in [0.2, 0.25) is 0 Å². The Bertz CT molecular complexity index is 819. The Morgan fingerprint density at radius 1 is 1.30 bits per heavy atom. The molecule has 2 heterocycles. The molecule has 0 saturated heterocycles. The first kappa shape index (κ1) is 15.7.